The highest BCUT2D eigenvalue weighted by Crippen LogP contribution is 2.23. The molecule has 100 valence electrons. The van der Waals surface area contributed by atoms with E-state index in [4.69, 9.17) is 0 Å². The summed E-state index contributed by atoms with van der Waals surface area (Å²) >= 11 is 1.55. The first-order valence-electron chi connectivity index (χ1n) is 6.52. The van der Waals surface area contributed by atoms with Crippen LogP contribution >= 0.6 is 11.3 Å². The molecular formula is C13H16N4OS. The minimum absolute atomic E-state index is 0.00989. The quantitative estimate of drug-likeness (QED) is 0.934. The van der Waals surface area contributed by atoms with Gasteiger partial charge in [0.25, 0.3) is 0 Å². The van der Waals surface area contributed by atoms with Crippen LogP contribution in [0.2, 0.25) is 0 Å². The van der Waals surface area contributed by atoms with Crippen molar-refractivity contribution >= 4 is 22.4 Å². The van der Waals surface area contributed by atoms with Crippen LogP contribution in [0.25, 0.3) is 0 Å². The van der Waals surface area contributed by atoms with E-state index < -0.39 is 0 Å². The van der Waals surface area contributed by atoms with Crippen molar-refractivity contribution in [2.24, 2.45) is 5.92 Å². The number of fused-ring (bicyclic) bond motifs is 1. The van der Waals surface area contributed by atoms with Gasteiger partial charge in [0.05, 0.1) is 5.92 Å². The average Bonchev–Trinajstić information content (AvgIpc) is 3.05. The Bertz CT molecular complexity index is 589. The van der Waals surface area contributed by atoms with Gasteiger partial charge in [0.15, 0.2) is 5.13 Å². The number of hydrogen-bond donors (Lipinski definition) is 1. The molecule has 1 N–H and O–H groups in total. The predicted octanol–water partition coefficient (Wildman–Crippen LogP) is 2.10. The molecule has 1 amide bonds. The molecular weight excluding hydrogens is 260 g/mol. The van der Waals surface area contributed by atoms with Crippen molar-refractivity contribution in [3.05, 3.63) is 29.3 Å². The maximum atomic E-state index is 12.2. The summed E-state index contributed by atoms with van der Waals surface area (Å²) in [5.74, 6) is 1.15. The number of aryl methyl sites for hydroxylation is 2. The number of anilines is 1. The van der Waals surface area contributed by atoms with Gasteiger partial charge in [-0.1, -0.05) is 6.92 Å². The monoisotopic (exact) mass is 276 g/mol. The summed E-state index contributed by atoms with van der Waals surface area (Å²) in [6.07, 6.45) is 8.24. The van der Waals surface area contributed by atoms with E-state index in [-0.39, 0.29) is 11.8 Å². The van der Waals surface area contributed by atoms with Gasteiger partial charge in [-0.2, -0.15) is 0 Å². The Morgan fingerprint density at radius 1 is 1.58 bits per heavy atom. The minimum Gasteiger partial charge on any atom is -0.334 e. The van der Waals surface area contributed by atoms with Gasteiger partial charge in [0, 0.05) is 36.4 Å². The van der Waals surface area contributed by atoms with E-state index >= 15 is 0 Å². The summed E-state index contributed by atoms with van der Waals surface area (Å²) in [6.45, 7) is 2.80. The fourth-order valence-electron chi connectivity index (χ4n) is 2.32. The SMILES string of the molecule is CCc1cnc(NC(=O)C2CCc3nccn3C2)s1. The third-order valence-electron chi connectivity index (χ3n) is 3.44. The van der Waals surface area contributed by atoms with E-state index in [2.05, 4.69) is 26.8 Å². The second-order valence-electron chi connectivity index (χ2n) is 4.71. The fourth-order valence-corrected chi connectivity index (χ4v) is 3.07. The first kappa shape index (κ1) is 12.3. The van der Waals surface area contributed by atoms with E-state index in [1.165, 1.54) is 4.88 Å². The average molecular weight is 276 g/mol. The third-order valence-corrected chi connectivity index (χ3v) is 4.50. The van der Waals surface area contributed by atoms with Crippen molar-refractivity contribution in [3.8, 4) is 0 Å². The van der Waals surface area contributed by atoms with Crippen LogP contribution in [0.3, 0.4) is 0 Å². The minimum atomic E-state index is 0.00989. The molecule has 0 fully saturated rings. The third kappa shape index (κ3) is 2.53. The smallest absolute Gasteiger partial charge is 0.231 e. The molecule has 0 aromatic carbocycles. The number of hydrogen-bond acceptors (Lipinski definition) is 4. The van der Waals surface area contributed by atoms with Crippen LogP contribution in [-0.2, 0) is 24.2 Å². The van der Waals surface area contributed by atoms with E-state index in [9.17, 15) is 4.79 Å². The lowest BCUT2D eigenvalue weighted by atomic mass is 9.99. The number of carbonyl (C=O) groups excluding carboxylic acids is 1. The molecule has 0 saturated heterocycles. The highest BCUT2D eigenvalue weighted by atomic mass is 32.1. The summed E-state index contributed by atoms with van der Waals surface area (Å²) in [7, 11) is 0. The molecule has 0 bridgehead atoms. The maximum Gasteiger partial charge on any atom is 0.231 e. The molecule has 0 aliphatic carbocycles. The number of nitrogens with zero attached hydrogens (tertiary/aromatic N) is 3. The summed E-state index contributed by atoms with van der Waals surface area (Å²) in [5, 5.41) is 3.63. The lowest BCUT2D eigenvalue weighted by Gasteiger charge is -2.22. The van der Waals surface area contributed by atoms with Crippen molar-refractivity contribution in [1.29, 1.82) is 0 Å². The predicted molar refractivity (Wildman–Crippen MR) is 74.2 cm³/mol. The van der Waals surface area contributed by atoms with Crippen molar-refractivity contribution in [1.82, 2.24) is 14.5 Å². The number of amides is 1. The molecule has 0 radical (unpaired) electrons. The number of thiazole rings is 1. The molecule has 6 heteroatoms. The standard InChI is InChI=1S/C13H16N4OS/c1-2-10-7-15-13(19-10)16-12(18)9-3-4-11-14-5-6-17(11)8-9/h5-7,9H,2-4,8H2,1H3,(H,15,16,18). The summed E-state index contributed by atoms with van der Waals surface area (Å²) < 4.78 is 2.06. The number of nitrogens with one attached hydrogen (secondary N) is 1. The zero-order valence-corrected chi connectivity index (χ0v) is 11.6. The molecule has 1 atom stereocenters. The summed E-state index contributed by atoms with van der Waals surface area (Å²) in [6, 6.07) is 0. The molecule has 19 heavy (non-hydrogen) atoms. The van der Waals surface area contributed by atoms with Crippen LogP contribution in [0.5, 0.6) is 0 Å². The lowest BCUT2D eigenvalue weighted by molar-refractivity contribution is -0.120. The summed E-state index contributed by atoms with van der Waals surface area (Å²) in [4.78, 5) is 21.9. The van der Waals surface area contributed by atoms with Crippen LogP contribution in [-0.4, -0.2) is 20.4 Å². The molecule has 1 unspecified atom stereocenters. The Morgan fingerprint density at radius 3 is 3.26 bits per heavy atom. The Morgan fingerprint density at radius 2 is 2.47 bits per heavy atom. The van der Waals surface area contributed by atoms with Crippen LogP contribution in [0.1, 0.15) is 24.0 Å². The zero-order valence-electron chi connectivity index (χ0n) is 10.8. The Kier molecular flexibility index (Phi) is 3.33. The van der Waals surface area contributed by atoms with Gasteiger partial charge in [0.1, 0.15) is 5.82 Å². The molecule has 2 aromatic heterocycles. The van der Waals surface area contributed by atoms with E-state index in [1.807, 2.05) is 12.4 Å². The first-order chi connectivity index (χ1) is 9.26. The van der Waals surface area contributed by atoms with Crippen molar-refractivity contribution < 1.29 is 4.79 Å². The van der Waals surface area contributed by atoms with Gasteiger partial charge < -0.3 is 9.88 Å². The number of carbonyl (C=O) groups is 1. The van der Waals surface area contributed by atoms with Gasteiger partial charge >= 0.3 is 0 Å². The molecule has 2 aromatic rings. The van der Waals surface area contributed by atoms with Gasteiger partial charge in [-0.25, -0.2) is 9.97 Å². The molecule has 1 aliphatic heterocycles. The van der Waals surface area contributed by atoms with E-state index in [0.29, 0.717) is 11.7 Å². The highest BCUT2D eigenvalue weighted by molar-refractivity contribution is 7.15. The van der Waals surface area contributed by atoms with Crippen LogP contribution in [0, 0.1) is 5.92 Å². The molecule has 3 heterocycles. The molecule has 0 saturated carbocycles. The molecule has 1 aliphatic rings. The number of imidazole rings is 1. The Labute approximate surface area is 115 Å². The van der Waals surface area contributed by atoms with Crippen molar-refractivity contribution in [2.45, 2.75) is 32.7 Å². The number of rotatable bonds is 3. The molecule has 0 spiro atoms. The van der Waals surface area contributed by atoms with E-state index in [0.717, 1.165) is 25.1 Å². The van der Waals surface area contributed by atoms with Crippen LogP contribution in [0.4, 0.5) is 5.13 Å². The lowest BCUT2D eigenvalue weighted by Crippen LogP contribution is -2.31. The highest BCUT2D eigenvalue weighted by Gasteiger charge is 2.25. The van der Waals surface area contributed by atoms with Crippen molar-refractivity contribution in [3.63, 3.8) is 0 Å². The van der Waals surface area contributed by atoms with Crippen LogP contribution in [0.15, 0.2) is 18.6 Å². The molecule has 3 rings (SSSR count). The zero-order chi connectivity index (χ0) is 13.2. The topological polar surface area (TPSA) is 59.8 Å². The summed E-state index contributed by atoms with van der Waals surface area (Å²) in [5.41, 5.74) is 0. The number of aromatic nitrogens is 3. The van der Waals surface area contributed by atoms with Crippen LogP contribution < -0.4 is 5.32 Å². The second-order valence-corrected chi connectivity index (χ2v) is 5.82. The Hall–Kier alpha value is -1.69. The van der Waals surface area contributed by atoms with E-state index in [1.54, 1.807) is 17.5 Å². The Balaban J connectivity index is 1.65. The fraction of sp³-hybridized carbons (Fsp3) is 0.462. The maximum absolute atomic E-state index is 12.2. The van der Waals surface area contributed by atoms with Gasteiger partial charge in [0.2, 0.25) is 5.91 Å². The largest absolute Gasteiger partial charge is 0.334 e. The van der Waals surface area contributed by atoms with Gasteiger partial charge in [-0.05, 0) is 12.8 Å². The first-order valence-corrected chi connectivity index (χ1v) is 7.33. The normalized spacial score (nSPS) is 18.1. The second kappa shape index (κ2) is 5.13. The molecule has 5 nitrogen and oxygen atoms in total. The van der Waals surface area contributed by atoms with Gasteiger partial charge in [-0.3, -0.25) is 4.79 Å². The van der Waals surface area contributed by atoms with Gasteiger partial charge in [-0.15, -0.1) is 11.3 Å². The van der Waals surface area contributed by atoms with Crippen molar-refractivity contribution in [2.75, 3.05) is 5.32 Å².